The van der Waals surface area contributed by atoms with Crippen molar-refractivity contribution in [3.05, 3.63) is 28.1 Å². The summed E-state index contributed by atoms with van der Waals surface area (Å²) >= 11 is 1.35. The Hall–Kier alpha value is -1.21. The van der Waals surface area contributed by atoms with Crippen LogP contribution in [0.15, 0.2) is 22.6 Å². The molecular formula is C10H12N2O3S2. The highest BCUT2D eigenvalue weighted by molar-refractivity contribution is 7.90. The maximum absolute atomic E-state index is 11.9. The van der Waals surface area contributed by atoms with E-state index in [1.807, 2.05) is 5.38 Å². The predicted molar refractivity (Wildman–Crippen MR) is 68.2 cm³/mol. The average molecular weight is 272 g/mol. The Bertz CT molecular complexity index is 685. The van der Waals surface area contributed by atoms with E-state index < -0.39 is 9.84 Å². The van der Waals surface area contributed by atoms with Gasteiger partial charge in [0.25, 0.3) is 5.56 Å². The summed E-state index contributed by atoms with van der Waals surface area (Å²) < 4.78 is 24.0. The third-order valence-electron chi connectivity index (χ3n) is 2.35. The first kappa shape index (κ1) is 12.3. The number of fused-ring (bicyclic) bond motifs is 1. The molecule has 2 rings (SSSR count). The second-order valence-electron chi connectivity index (χ2n) is 3.86. The van der Waals surface area contributed by atoms with E-state index in [1.54, 1.807) is 6.07 Å². The molecule has 0 saturated carbocycles. The van der Waals surface area contributed by atoms with Crippen LogP contribution >= 0.6 is 11.3 Å². The van der Waals surface area contributed by atoms with Crippen LogP contribution in [0.4, 0.5) is 0 Å². The van der Waals surface area contributed by atoms with Crippen molar-refractivity contribution in [2.75, 3.05) is 12.0 Å². The van der Waals surface area contributed by atoms with Crippen LogP contribution in [0.1, 0.15) is 6.42 Å². The van der Waals surface area contributed by atoms with Crippen LogP contribution in [-0.2, 0) is 16.4 Å². The molecule has 17 heavy (non-hydrogen) atoms. The van der Waals surface area contributed by atoms with Crippen molar-refractivity contribution < 1.29 is 8.42 Å². The molecule has 0 bridgehead atoms. The van der Waals surface area contributed by atoms with Crippen LogP contribution < -0.4 is 5.56 Å². The van der Waals surface area contributed by atoms with Crippen molar-refractivity contribution in [1.29, 1.82) is 0 Å². The van der Waals surface area contributed by atoms with Crippen LogP contribution in [0.25, 0.3) is 10.2 Å². The van der Waals surface area contributed by atoms with E-state index in [0.717, 1.165) is 0 Å². The first-order valence-electron chi connectivity index (χ1n) is 5.08. The number of hydrogen-bond acceptors (Lipinski definition) is 5. The van der Waals surface area contributed by atoms with Crippen LogP contribution in [0.2, 0.25) is 0 Å². The molecule has 0 fully saturated rings. The van der Waals surface area contributed by atoms with E-state index >= 15 is 0 Å². The first-order valence-corrected chi connectivity index (χ1v) is 8.02. The maximum atomic E-state index is 11.9. The van der Waals surface area contributed by atoms with Gasteiger partial charge in [0.1, 0.15) is 14.5 Å². The molecule has 0 radical (unpaired) electrons. The smallest absolute Gasteiger partial charge is 0.271 e. The molecule has 0 aromatic carbocycles. The summed E-state index contributed by atoms with van der Waals surface area (Å²) in [7, 11) is -2.97. The minimum absolute atomic E-state index is 0.0852. The summed E-state index contributed by atoms with van der Waals surface area (Å²) in [6, 6.07) is 1.79. The van der Waals surface area contributed by atoms with E-state index in [4.69, 9.17) is 0 Å². The van der Waals surface area contributed by atoms with Crippen LogP contribution in [0.5, 0.6) is 0 Å². The maximum Gasteiger partial charge on any atom is 0.271 e. The molecule has 0 unspecified atom stereocenters. The SMILES string of the molecule is CS(=O)(=O)CCCn1cnc2ccsc2c1=O. The highest BCUT2D eigenvalue weighted by Gasteiger charge is 2.06. The lowest BCUT2D eigenvalue weighted by Gasteiger charge is -2.03. The summed E-state index contributed by atoms with van der Waals surface area (Å²) in [5, 5.41) is 1.82. The van der Waals surface area contributed by atoms with Gasteiger partial charge in [-0.05, 0) is 17.9 Å². The summed E-state index contributed by atoms with van der Waals surface area (Å²) in [5.41, 5.74) is 0.595. The third-order valence-corrected chi connectivity index (χ3v) is 4.27. The van der Waals surface area contributed by atoms with Gasteiger partial charge in [0.05, 0.1) is 17.6 Å². The summed E-state index contributed by atoms with van der Waals surface area (Å²) in [6.07, 6.45) is 3.09. The highest BCUT2D eigenvalue weighted by atomic mass is 32.2. The van der Waals surface area contributed by atoms with Gasteiger partial charge in [-0.1, -0.05) is 0 Å². The molecule has 7 heteroatoms. The van der Waals surface area contributed by atoms with Gasteiger partial charge in [-0.3, -0.25) is 9.36 Å². The van der Waals surface area contributed by atoms with Crippen molar-refractivity contribution in [3.63, 3.8) is 0 Å². The largest absolute Gasteiger partial charge is 0.298 e. The molecule has 0 aliphatic rings. The zero-order valence-electron chi connectivity index (χ0n) is 9.29. The Morgan fingerprint density at radius 1 is 1.47 bits per heavy atom. The number of hydrogen-bond donors (Lipinski definition) is 0. The van der Waals surface area contributed by atoms with E-state index in [2.05, 4.69) is 4.98 Å². The standard InChI is InChI=1S/C10H12N2O3S2/c1-17(14,15)6-2-4-12-7-11-8-3-5-16-9(8)10(12)13/h3,5,7H,2,4,6H2,1H3. The summed E-state index contributed by atoms with van der Waals surface area (Å²) in [6.45, 7) is 0.382. The molecule has 0 saturated heterocycles. The zero-order valence-corrected chi connectivity index (χ0v) is 10.9. The van der Waals surface area contributed by atoms with Gasteiger partial charge in [-0.25, -0.2) is 13.4 Å². The van der Waals surface area contributed by atoms with Crippen molar-refractivity contribution in [2.45, 2.75) is 13.0 Å². The molecule has 0 aliphatic heterocycles. The Labute approximate surface area is 103 Å². The minimum atomic E-state index is -2.97. The average Bonchev–Trinajstić information content (AvgIpc) is 2.68. The number of nitrogens with zero attached hydrogens (tertiary/aromatic N) is 2. The Morgan fingerprint density at radius 2 is 2.24 bits per heavy atom. The fourth-order valence-corrected chi connectivity index (χ4v) is 2.98. The lowest BCUT2D eigenvalue weighted by molar-refractivity contribution is 0.588. The van der Waals surface area contributed by atoms with Gasteiger partial charge in [-0.15, -0.1) is 11.3 Å². The van der Waals surface area contributed by atoms with Crippen LogP contribution in [0.3, 0.4) is 0 Å². The summed E-state index contributed by atoms with van der Waals surface area (Å²) in [5.74, 6) is 0.0852. The lowest BCUT2D eigenvalue weighted by Crippen LogP contribution is -2.21. The zero-order chi connectivity index (χ0) is 12.5. The van der Waals surface area contributed by atoms with E-state index in [0.29, 0.717) is 23.2 Å². The Kier molecular flexibility index (Phi) is 3.30. The topological polar surface area (TPSA) is 69.0 Å². The van der Waals surface area contributed by atoms with Gasteiger partial charge in [0, 0.05) is 12.8 Å². The monoisotopic (exact) mass is 272 g/mol. The van der Waals surface area contributed by atoms with Gasteiger partial charge in [0.15, 0.2) is 0 Å². The molecule has 0 atom stereocenters. The summed E-state index contributed by atoms with van der Waals surface area (Å²) in [4.78, 5) is 16.1. The minimum Gasteiger partial charge on any atom is -0.298 e. The second kappa shape index (κ2) is 4.58. The van der Waals surface area contributed by atoms with Crippen molar-refractivity contribution >= 4 is 31.4 Å². The van der Waals surface area contributed by atoms with Crippen molar-refractivity contribution in [2.24, 2.45) is 0 Å². The molecule has 2 aromatic heterocycles. The number of aromatic nitrogens is 2. The van der Waals surface area contributed by atoms with Crippen molar-refractivity contribution in [3.8, 4) is 0 Å². The lowest BCUT2D eigenvalue weighted by atomic mass is 10.4. The molecule has 0 amide bonds. The van der Waals surface area contributed by atoms with Crippen LogP contribution in [-0.4, -0.2) is 30.0 Å². The molecule has 2 aromatic rings. The van der Waals surface area contributed by atoms with E-state index in [9.17, 15) is 13.2 Å². The van der Waals surface area contributed by atoms with Gasteiger partial charge in [-0.2, -0.15) is 0 Å². The molecule has 0 aliphatic carbocycles. The Balaban J connectivity index is 2.19. The molecule has 0 N–H and O–H groups in total. The number of thiophene rings is 1. The molecular weight excluding hydrogens is 260 g/mol. The Morgan fingerprint density at radius 3 is 2.94 bits per heavy atom. The number of sulfone groups is 1. The number of aryl methyl sites for hydroxylation is 1. The van der Waals surface area contributed by atoms with Gasteiger partial charge in [0.2, 0.25) is 0 Å². The predicted octanol–water partition coefficient (Wildman–Crippen LogP) is 0.893. The first-order chi connectivity index (χ1) is 7.97. The molecule has 0 spiro atoms. The van der Waals surface area contributed by atoms with Gasteiger partial charge >= 0.3 is 0 Å². The van der Waals surface area contributed by atoms with Crippen LogP contribution in [0, 0.1) is 0 Å². The van der Waals surface area contributed by atoms with Crippen molar-refractivity contribution in [1.82, 2.24) is 9.55 Å². The van der Waals surface area contributed by atoms with E-state index in [-0.39, 0.29) is 11.3 Å². The second-order valence-corrected chi connectivity index (χ2v) is 7.04. The molecule has 2 heterocycles. The molecule has 92 valence electrons. The fraction of sp³-hybridized carbons (Fsp3) is 0.400. The number of rotatable bonds is 4. The van der Waals surface area contributed by atoms with Gasteiger partial charge < -0.3 is 0 Å². The normalized spacial score (nSPS) is 12.1. The highest BCUT2D eigenvalue weighted by Crippen LogP contribution is 2.13. The third kappa shape index (κ3) is 2.92. The fourth-order valence-electron chi connectivity index (χ4n) is 1.54. The quantitative estimate of drug-likeness (QED) is 0.829. The van der Waals surface area contributed by atoms with E-state index in [1.165, 1.54) is 28.5 Å². The molecule has 5 nitrogen and oxygen atoms in total.